The number of pyridine rings is 1. The minimum Gasteiger partial charge on any atom is -0.383 e. The van der Waals surface area contributed by atoms with Gasteiger partial charge in [0, 0.05) is 12.1 Å². The number of fused-ring (bicyclic) bond motifs is 1. The molecule has 37 heavy (non-hydrogen) atoms. The van der Waals surface area contributed by atoms with E-state index in [4.69, 9.17) is 10.3 Å². The van der Waals surface area contributed by atoms with Crippen molar-refractivity contribution in [2.75, 3.05) is 17.2 Å². The lowest BCUT2D eigenvalue weighted by Crippen LogP contribution is -2.41. The van der Waals surface area contributed by atoms with Crippen LogP contribution in [0.2, 0.25) is 0 Å². The number of H-pyrrole nitrogens is 1. The van der Waals surface area contributed by atoms with Crippen LogP contribution in [-0.4, -0.2) is 32.1 Å². The summed E-state index contributed by atoms with van der Waals surface area (Å²) in [6, 6.07) is 20.2. The van der Waals surface area contributed by atoms with Gasteiger partial charge in [0.1, 0.15) is 5.82 Å². The van der Waals surface area contributed by atoms with E-state index in [1.54, 1.807) is 19.9 Å². The Bertz CT molecular complexity index is 1720. The quantitative estimate of drug-likeness (QED) is 0.367. The number of anilines is 2. The Kier molecular flexibility index (Phi) is 6.14. The summed E-state index contributed by atoms with van der Waals surface area (Å²) in [5, 5.41) is 4.43. The summed E-state index contributed by atoms with van der Waals surface area (Å²) in [7, 11) is 0. The topological polar surface area (TPSA) is 140 Å². The summed E-state index contributed by atoms with van der Waals surface area (Å²) in [4.78, 5) is 47.7. The largest absolute Gasteiger partial charge is 0.383 e. The molecule has 0 atom stereocenters. The highest BCUT2D eigenvalue weighted by atomic mass is 16.5. The van der Waals surface area contributed by atoms with Crippen molar-refractivity contribution in [1.29, 1.82) is 0 Å². The van der Waals surface area contributed by atoms with E-state index in [0.29, 0.717) is 16.8 Å². The first-order chi connectivity index (χ1) is 17.9. The number of benzene rings is 2. The summed E-state index contributed by atoms with van der Waals surface area (Å²) in [6.07, 6.45) is 0. The smallest absolute Gasteiger partial charge is 0.330 e. The third kappa shape index (κ3) is 4.29. The normalized spacial score (nSPS) is 11.1. The maximum absolute atomic E-state index is 14.0. The van der Waals surface area contributed by atoms with Crippen LogP contribution in [0.4, 0.5) is 11.5 Å². The molecule has 0 saturated heterocycles. The summed E-state index contributed by atoms with van der Waals surface area (Å²) < 4.78 is 6.64. The maximum atomic E-state index is 14.0. The van der Waals surface area contributed by atoms with Crippen LogP contribution in [0.15, 0.2) is 80.8 Å². The number of hydrogen-bond donors (Lipinski definition) is 2. The van der Waals surface area contributed by atoms with E-state index in [1.165, 1.54) is 9.47 Å². The molecule has 1 amide bonds. The van der Waals surface area contributed by atoms with Crippen molar-refractivity contribution in [2.24, 2.45) is 0 Å². The molecular weight excluding hydrogens is 472 g/mol. The van der Waals surface area contributed by atoms with E-state index in [0.717, 1.165) is 11.1 Å². The number of carbonyl (C=O) groups excluding carboxylic acids is 1. The lowest BCUT2D eigenvalue weighted by Gasteiger charge is -2.23. The molecule has 2 aromatic carbocycles. The predicted octanol–water partition coefficient (Wildman–Crippen LogP) is 3.35. The molecule has 10 heteroatoms. The number of aryl methyl sites for hydroxylation is 1. The summed E-state index contributed by atoms with van der Waals surface area (Å²) in [6.45, 7) is 3.68. The van der Waals surface area contributed by atoms with Crippen LogP contribution >= 0.6 is 0 Å². The number of carbonyl (C=O) groups is 1. The highest BCUT2D eigenvalue weighted by molar-refractivity contribution is 6.14. The van der Waals surface area contributed by atoms with E-state index < -0.39 is 17.2 Å². The van der Waals surface area contributed by atoms with Gasteiger partial charge in [0.2, 0.25) is 0 Å². The first kappa shape index (κ1) is 23.7. The highest BCUT2D eigenvalue weighted by Gasteiger charge is 2.28. The van der Waals surface area contributed by atoms with E-state index in [-0.39, 0.29) is 35.9 Å². The van der Waals surface area contributed by atoms with Gasteiger partial charge in [-0.2, -0.15) is 0 Å². The zero-order chi connectivity index (χ0) is 26.1. The number of nitrogens with one attached hydrogen (secondary N) is 1. The van der Waals surface area contributed by atoms with Gasteiger partial charge in [-0.25, -0.2) is 9.78 Å². The van der Waals surface area contributed by atoms with Crippen molar-refractivity contribution in [3.05, 3.63) is 104 Å². The Hall–Kier alpha value is -4.99. The third-order valence-corrected chi connectivity index (χ3v) is 6.15. The van der Waals surface area contributed by atoms with Crippen molar-refractivity contribution >= 4 is 28.5 Å². The molecule has 3 N–H and O–H groups in total. The monoisotopic (exact) mass is 496 g/mol. The van der Waals surface area contributed by atoms with Crippen molar-refractivity contribution < 1.29 is 9.32 Å². The fourth-order valence-electron chi connectivity index (χ4n) is 4.33. The number of nitrogen functional groups attached to an aromatic ring is 1. The molecule has 186 valence electrons. The number of rotatable bonds is 6. The van der Waals surface area contributed by atoms with E-state index >= 15 is 0 Å². The molecule has 0 fully saturated rings. The van der Waals surface area contributed by atoms with Gasteiger partial charge >= 0.3 is 5.69 Å². The summed E-state index contributed by atoms with van der Waals surface area (Å²) in [5.74, 6) is -0.607. The molecule has 0 saturated carbocycles. The Morgan fingerprint density at radius 1 is 1.08 bits per heavy atom. The standard InChI is InChI=1S/C27H24N6O4/c1-3-32(22-23(28)33(27(36)30-24(22)34)15-17-10-6-4-7-11-17)26(35)19-14-20(18-12-8-5-9-13-18)29-25-21(19)16(2)31-37-25/h4-14H,3,15,28H2,1-2H3,(H,30,34,36). The molecule has 5 aromatic rings. The van der Waals surface area contributed by atoms with Crippen LogP contribution in [0.25, 0.3) is 22.4 Å². The molecule has 0 aliphatic rings. The van der Waals surface area contributed by atoms with Crippen molar-refractivity contribution in [3.63, 3.8) is 0 Å². The second-order valence-corrected chi connectivity index (χ2v) is 8.48. The van der Waals surface area contributed by atoms with Crippen molar-refractivity contribution in [1.82, 2.24) is 19.7 Å². The van der Waals surface area contributed by atoms with E-state index in [2.05, 4.69) is 15.1 Å². The third-order valence-electron chi connectivity index (χ3n) is 6.15. The molecule has 0 unspecified atom stereocenters. The lowest BCUT2D eigenvalue weighted by atomic mass is 10.0. The average Bonchev–Trinajstić information content (AvgIpc) is 3.29. The molecule has 0 aliphatic carbocycles. The van der Waals surface area contributed by atoms with Crippen molar-refractivity contribution in [2.45, 2.75) is 20.4 Å². The van der Waals surface area contributed by atoms with Crippen LogP contribution in [0.3, 0.4) is 0 Å². The Balaban J connectivity index is 1.66. The molecule has 0 spiro atoms. The maximum Gasteiger partial charge on any atom is 0.330 e. The summed E-state index contributed by atoms with van der Waals surface area (Å²) >= 11 is 0. The molecule has 3 heterocycles. The second kappa shape index (κ2) is 9.57. The SMILES string of the molecule is CCN(C(=O)c1cc(-c2ccccc2)nc2onc(C)c12)c1c(N)n(Cc2ccccc2)c(=O)[nH]c1=O. The number of aromatic amines is 1. The number of amides is 1. The average molecular weight is 497 g/mol. The number of hydrogen-bond acceptors (Lipinski definition) is 7. The van der Waals surface area contributed by atoms with Gasteiger partial charge < -0.3 is 15.2 Å². The minimum atomic E-state index is -0.752. The zero-order valence-corrected chi connectivity index (χ0v) is 20.3. The number of aromatic nitrogens is 4. The van der Waals surface area contributed by atoms with Gasteiger partial charge in [0.25, 0.3) is 17.2 Å². The fourth-order valence-corrected chi connectivity index (χ4v) is 4.33. The highest BCUT2D eigenvalue weighted by Crippen LogP contribution is 2.29. The number of nitrogens with zero attached hydrogens (tertiary/aromatic N) is 4. The first-order valence-corrected chi connectivity index (χ1v) is 11.7. The Morgan fingerprint density at radius 3 is 2.43 bits per heavy atom. The molecular formula is C27H24N6O4. The van der Waals surface area contributed by atoms with Gasteiger partial charge in [-0.05, 0) is 25.5 Å². The number of nitrogens with two attached hydrogens (primary N) is 1. The molecule has 10 nitrogen and oxygen atoms in total. The van der Waals surface area contributed by atoms with E-state index in [9.17, 15) is 14.4 Å². The van der Waals surface area contributed by atoms with Gasteiger partial charge in [-0.15, -0.1) is 0 Å². The van der Waals surface area contributed by atoms with Gasteiger partial charge in [0.05, 0.1) is 28.9 Å². The Morgan fingerprint density at radius 2 is 1.76 bits per heavy atom. The van der Waals surface area contributed by atoms with Crippen LogP contribution in [0, 0.1) is 6.92 Å². The second-order valence-electron chi connectivity index (χ2n) is 8.48. The van der Waals surface area contributed by atoms with Gasteiger partial charge in [0.15, 0.2) is 5.69 Å². The zero-order valence-electron chi connectivity index (χ0n) is 20.3. The molecule has 0 aliphatic heterocycles. The summed E-state index contributed by atoms with van der Waals surface area (Å²) in [5.41, 5.74) is 7.90. The molecule has 0 radical (unpaired) electrons. The van der Waals surface area contributed by atoms with Gasteiger partial charge in [-0.3, -0.25) is 19.1 Å². The Labute approximate surface area is 211 Å². The fraction of sp³-hybridized carbons (Fsp3) is 0.148. The van der Waals surface area contributed by atoms with Crippen LogP contribution in [0.5, 0.6) is 0 Å². The first-order valence-electron chi connectivity index (χ1n) is 11.7. The van der Waals surface area contributed by atoms with E-state index in [1.807, 2.05) is 60.7 Å². The minimum absolute atomic E-state index is 0.108. The lowest BCUT2D eigenvalue weighted by molar-refractivity contribution is 0.0989. The molecule has 5 rings (SSSR count). The molecule has 3 aromatic heterocycles. The van der Waals surface area contributed by atoms with Crippen LogP contribution in [0.1, 0.15) is 28.5 Å². The molecule has 0 bridgehead atoms. The van der Waals surface area contributed by atoms with Crippen molar-refractivity contribution in [3.8, 4) is 11.3 Å². The van der Waals surface area contributed by atoms with Crippen LogP contribution in [-0.2, 0) is 6.54 Å². The van der Waals surface area contributed by atoms with Crippen LogP contribution < -0.4 is 21.9 Å². The predicted molar refractivity (Wildman–Crippen MR) is 141 cm³/mol. The van der Waals surface area contributed by atoms with Gasteiger partial charge in [-0.1, -0.05) is 65.8 Å².